The van der Waals surface area contributed by atoms with E-state index in [1.165, 1.54) is 24.3 Å². The molecule has 0 unspecified atom stereocenters. The van der Waals surface area contributed by atoms with E-state index >= 15 is 0 Å². The predicted octanol–water partition coefficient (Wildman–Crippen LogP) is 3.24. The van der Waals surface area contributed by atoms with Gasteiger partial charge >= 0.3 is 6.36 Å². The number of amides is 1. The summed E-state index contributed by atoms with van der Waals surface area (Å²) >= 11 is 0. The van der Waals surface area contributed by atoms with E-state index in [1.54, 1.807) is 24.1 Å². The largest absolute Gasteiger partial charge is 0.573 e. The van der Waals surface area contributed by atoms with Crippen LogP contribution >= 0.6 is 0 Å². The second-order valence-corrected chi connectivity index (χ2v) is 5.32. The van der Waals surface area contributed by atoms with E-state index in [0.717, 1.165) is 11.1 Å². The highest BCUT2D eigenvalue weighted by atomic mass is 19.4. The van der Waals surface area contributed by atoms with Gasteiger partial charge in [0.15, 0.2) is 0 Å². The van der Waals surface area contributed by atoms with Gasteiger partial charge in [0.1, 0.15) is 11.8 Å². The van der Waals surface area contributed by atoms with Gasteiger partial charge < -0.3 is 10.5 Å². The van der Waals surface area contributed by atoms with E-state index in [0.29, 0.717) is 6.54 Å². The molecular formula is C17H17F3N2O2. The molecule has 4 nitrogen and oxygen atoms in total. The first-order valence-corrected chi connectivity index (χ1v) is 7.15. The van der Waals surface area contributed by atoms with Crippen molar-refractivity contribution in [3.63, 3.8) is 0 Å². The van der Waals surface area contributed by atoms with Gasteiger partial charge in [-0.2, -0.15) is 0 Å². The molecule has 0 saturated carbocycles. The first-order chi connectivity index (χ1) is 11.3. The van der Waals surface area contributed by atoms with Crippen LogP contribution in [0.5, 0.6) is 5.75 Å². The predicted molar refractivity (Wildman–Crippen MR) is 83.0 cm³/mol. The number of rotatable bonds is 6. The zero-order chi connectivity index (χ0) is 17.7. The van der Waals surface area contributed by atoms with Crippen molar-refractivity contribution in [2.45, 2.75) is 18.9 Å². The molecule has 0 aliphatic carbocycles. The molecule has 0 fully saturated rings. The van der Waals surface area contributed by atoms with Crippen LogP contribution in [0.4, 0.5) is 13.2 Å². The van der Waals surface area contributed by atoms with E-state index in [1.807, 2.05) is 18.2 Å². The number of hydrogen-bond donors (Lipinski definition) is 1. The van der Waals surface area contributed by atoms with Gasteiger partial charge in [0.2, 0.25) is 5.91 Å². The van der Waals surface area contributed by atoms with Gasteiger partial charge in [-0.1, -0.05) is 42.5 Å². The summed E-state index contributed by atoms with van der Waals surface area (Å²) in [6.45, 7) is 0.342. The van der Waals surface area contributed by atoms with Crippen molar-refractivity contribution >= 4 is 5.91 Å². The number of carbonyl (C=O) groups is 1. The molecule has 0 heterocycles. The molecule has 0 radical (unpaired) electrons. The first kappa shape index (κ1) is 17.8. The molecule has 0 saturated heterocycles. The molecule has 0 bridgehead atoms. The number of alkyl halides is 3. The fraction of sp³-hybridized carbons (Fsp3) is 0.235. The Bertz CT molecular complexity index is 672. The first-order valence-electron chi connectivity index (χ1n) is 7.15. The minimum atomic E-state index is -4.72. The number of benzene rings is 2. The zero-order valence-corrected chi connectivity index (χ0v) is 13.0. The third kappa shape index (κ3) is 4.99. The second kappa shape index (κ2) is 7.35. The number of hydrogen-bond acceptors (Lipinski definition) is 3. The molecule has 128 valence electrons. The molecule has 7 heteroatoms. The average Bonchev–Trinajstić information content (AvgIpc) is 2.48. The Morgan fingerprint density at radius 2 is 1.71 bits per heavy atom. The summed E-state index contributed by atoms with van der Waals surface area (Å²) in [7, 11) is 1.72. The van der Waals surface area contributed by atoms with Crippen LogP contribution < -0.4 is 10.5 Å². The molecule has 2 N–H and O–H groups in total. The van der Waals surface area contributed by atoms with Crippen LogP contribution in [0.2, 0.25) is 0 Å². The van der Waals surface area contributed by atoms with Crippen LogP contribution in [-0.4, -0.2) is 24.2 Å². The Labute approximate surface area is 137 Å². The Morgan fingerprint density at radius 3 is 2.21 bits per heavy atom. The van der Waals surface area contributed by atoms with E-state index in [2.05, 4.69) is 4.74 Å². The Balaban J connectivity index is 2.10. The van der Waals surface area contributed by atoms with Crippen molar-refractivity contribution in [3.8, 4) is 5.75 Å². The highest BCUT2D eigenvalue weighted by Crippen LogP contribution is 2.24. The Hall–Kier alpha value is -2.54. The number of nitrogens with zero attached hydrogens (tertiary/aromatic N) is 1. The molecule has 1 amide bonds. The van der Waals surface area contributed by atoms with Crippen LogP contribution in [0, 0.1) is 0 Å². The summed E-state index contributed by atoms with van der Waals surface area (Å²) in [6.07, 6.45) is -4.72. The third-order valence-electron chi connectivity index (χ3n) is 3.41. The molecular weight excluding hydrogens is 321 g/mol. The number of nitrogens with two attached hydrogens (primary N) is 1. The van der Waals surface area contributed by atoms with Gasteiger partial charge in [-0.05, 0) is 30.3 Å². The van der Waals surface area contributed by atoms with Crippen LogP contribution in [0.15, 0.2) is 54.6 Å². The number of likely N-dealkylation sites (N-methyl/N-ethyl adjacent to an activating group) is 1. The van der Waals surface area contributed by atoms with Crippen LogP contribution in [0.3, 0.4) is 0 Å². The zero-order valence-electron chi connectivity index (χ0n) is 13.0. The number of carbonyl (C=O) groups excluding carboxylic acids is 1. The van der Waals surface area contributed by atoms with Gasteiger partial charge in [-0.3, -0.25) is 9.69 Å². The fourth-order valence-electron chi connectivity index (χ4n) is 2.45. The molecule has 0 spiro atoms. The number of ether oxygens (including phenoxy) is 1. The number of primary amides is 1. The quantitative estimate of drug-likeness (QED) is 0.880. The maximum atomic E-state index is 12.2. The van der Waals surface area contributed by atoms with Gasteiger partial charge in [0.05, 0.1) is 0 Å². The van der Waals surface area contributed by atoms with Crippen molar-refractivity contribution in [1.82, 2.24) is 4.90 Å². The summed E-state index contributed by atoms with van der Waals surface area (Å²) in [6, 6.07) is 13.9. The van der Waals surface area contributed by atoms with Gasteiger partial charge in [-0.15, -0.1) is 13.2 Å². The Kier molecular flexibility index (Phi) is 5.46. The summed E-state index contributed by atoms with van der Waals surface area (Å²) in [4.78, 5) is 13.5. The lowest BCUT2D eigenvalue weighted by atomic mass is 10.0. The number of halogens is 3. The van der Waals surface area contributed by atoms with E-state index in [-0.39, 0.29) is 5.75 Å². The standard InChI is InChI=1S/C17H17F3N2O2/c1-22(15(16(21)23)13-5-3-2-4-6-13)11-12-7-9-14(10-8-12)24-17(18,19)20/h2-10,15H,11H2,1H3,(H2,21,23)/t15-/m1/s1. The lowest BCUT2D eigenvalue weighted by molar-refractivity contribution is -0.274. The second-order valence-electron chi connectivity index (χ2n) is 5.32. The van der Waals surface area contributed by atoms with E-state index in [9.17, 15) is 18.0 Å². The molecule has 0 aliphatic rings. The molecule has 1 atom stereocenters. The SMILES string of the molecule is CN(Cc1ccc(OC(F)(F)F)cc1)[C@@H](C(N)=O)c1ccccc1. The van der Waals surface area contributed by atoms with Gasteiger partial charge in [-0.25, -0.2) is 0 Å². The average molecular weight is 338 g/mol. The summed E-state index contributed by atoms with van der Waals surface area (Å²) < 4.78 is 40.3. The van der Waals surface area contributed by atoms with E-state index < -0.39 is 18.3 Å². The fourth-order valence-corrected chi connectivity index (χ4v) is 2.45. The van der Waals surface area contributed by atoms with Crippen molar-refractivity contribution in [2.75, 3.05) is 7.05 Å². The van der Waals surface area contributed by atoms with Crippen LogP contribution in [0.1, 0.15) is 17.2 Å². The normalized spacial score (nSPS) is 12.9. The van der Waals surface area contributed by atoms with Crippen molar-refractivity contribution in [1.29, 1.82) is 0 Å². The van der Waals surface area contributed by atoms with Crippen molar-refractivity contribution < 1.29 is 22.7 Å². The highest BCUT2D eigenvalue weighted by molar-refractivity contribution is 5.81. The molecule has 2 aromatic carbocycles. The lowest BCUT2D eigenvalue weighted by Gasteiger charge is -2.26. The summed E-state index contributed by atoms with van der Waals surface area (Å²) in [5, 5.41) is 0. The van der Waals surface area contributed by atoms with Crippen molar-refractivity contribution in [2.24, 2.45) is 5.73 Å². The van der Waals surface area contributed by atoms with Crippen LogP contribution in [0.25, 0.3) is 0 Å². The monoisotopic (exact) mass is 338 g/mol. The maximum absolute atomic E-state index is 12.2. The molecule has 0 aromatic heterocycles. The molecule has 2 aromatic rings. The molecule has 24 heavy (non-hydrogen) atoms. The van der Waals surface area contributed by atoms with Crippen LogP contribution in [-0.2, 0) is 11.3 Å². The summed E-state index contributed by atoms with van der Waals surface area (Å²) in [5.74, 6) is -0.788. The van der Waals surface area contributed by atoms with Crippen molar-refractivity contribution in [3.05, 3.63) is 65.7 Å². The topological polar surface area (TPSA) is 55.6 Å². The minimum absolute atomic E-state index is 0.289. The molecule has 2 rings (SSSR count). The van der Waals surface area contributed by atoms with Gasteiger partial charge in [0, 0.05) is 6.54 Å². The Morgan fingerprint density at radius 1 is 1.12 bits per heavy atom. The highest BCUT2D eigenvalue weighted by Gasteiger charge is 2.31. The molecule has 0 aliphatic heterocycles. The summed E-state index contributed by atoms with van der Waals surface area (Å²) in [5.41, 5.74) is 6.98. The lowest BCUT2D eigenvalue weighted by Crippen LogP contribution is -2.34. The minimum Gasteiger partial charge on any atom is -0.406 e. The van der Waals surface area contributed by atoms with E-state index in [4.69, 9.17) is 5.73 Å². The third-order valence-corrected chi connectivity index (χ3v) is 3.41. The smallest absolute Gasteiger partial charge is 0.406 e. The maximum Gasteiger partial charge on any atom is 0.573 e. The van der Waals surface area contributed by atoms with Gasteiger partial charge in [0.25, 0.3) is 0 Å².